The van der Waals surface area contributed by atoms with Gasteiger partial charge in [-0.3, -0.25) is 0 Å². The van der Waals surface area contributed by atoms with Gasteiger partial charge < -0.3 is 0 Å². The maximum absolute atomic E-state index is 12.5. The lowest BCUT2D eigenvalue weighted by Crippen LogP contribution is -1.99. The molecule has 0 radical (unpaired) electrons. The zero-order valence-corrected chi connectivity index (χ0v) is 10.1. The first-order valence-electron chi connectivity index (χ1n) is 1.88. The van der Waals surface area contributed by atoms with E-state index in [0.29, 0.717) is 0 Å². The Morgan fingerprint density at radius 1 is 0.778 bits per heavy atom. The molecule has 1 aliphatic rings. The maximum atomic E-state index is 12.5. The predicted octanol–water partition coefficient (Wildman–Crippen LogP) is 3.61. The van der Waals surface area contributed by atoms with Crippen LogP contribution in [0, 0.1) is 0 Å². The summed E-state index contributed by atoms with van der Waals surface area (Å²) >= 11 is 11.2. The average Bonchev–Trinajstić information content (AvgIpc) is 1.84. The van der Waals surface area contributed by atoms with Crippen molar-refractivity contribution in [2.45, 2.75) is 12.4 Å². The Labute approximate surface area is 84.3 Å². The van der Waals surface area contributed by atoms with Crippen LogP contribution in [0.2, 0.25) is 0 Å². The molecule has 0 unspecified atom stereocenters. The molecule has 1 saturated carbocycles. The minimum absolute atomic E-state index is 1.33. The number of hydrogen-bond donors (Lipinski definition) is 0. The summed E-state index contributed by atoms with van der Waals surface area (Å²) in [6, 6.07) is 0. The monoisotopic (exact) mass is 390 g/mol. The fourth-order valence-electron chi connectivity index (χ4n) is 0.356. The molecule has 6 heteroatoms. The van der Waals surface area contributed by atoms with Crippen molar-refractivity contribution < 1.29 is 8.78 Å². The Kier molecular flexibility index (Phi) is 1.90. The Morgan fingerprint density at radius 2 is 0.889 bits per heavy atom. The summed E-state index contributed by atoms with van der Waals surface area (Å²) in [6.45, 7) is 0. The van der Waals surface area contributed by atoms with E-state index in [1.165, 1.54) is 0 Å². The van der Waals surface area contributed by atoms with Crippen LogP contribution in [-0.4, -0.2) is 12.4 Å². The minimum atomic E-state index is -2.79. The number of alkyl halides is 6. The van der Waals surface area contributed by atoms with Crippen molar-refractivity contribution in [2.24, 2.45) is 0 Å². The highest BCUT2D eigenvalue weighted by atomic mass is 79.9. The molecular weight excluding hydrogens is 394 g/mol. The van der Waals surface area contributed by atoms with Gasteiger partial charge in [-0.25, -0.2) is 8.78 Å². The van der Waals surface area contributed by atoms with Crippen molar-refractivity contribution >= 4 is 63.7 Å². The van der Waals surface area contributed by atoms with Crippen molar-refractivity contribution in [3.8, 4) is 0 Å². The Morgan fingerprint density at radius 3 is 0.889 bits per heavy atom. The Balaban J connectivity index is 2.91. The van der Waals surface area contributed by atoms with E-state index in [4.69, 9.17) is 0 Å². The molecule has 0 amide bonds. The van der Waals surface area contributed by atoms with E-state index in [9.17, 15) is 8.78 Å². The molecule has 1 aliphatic carbocycles. The fraction of sp³-hybridized carbons (Fsp3) is 1.00. The second kappa shape index (κ2) is 1.93. The van der Waals surface area contributed by atoms with Gasteiger partial charge in [0, 0.05) is 0 Å². The van der Waals surface area contributed by atoms with Crippen molar-refractivity contribution in [2.75, 3.05) is 0 Å². The fourth-order valence-corrected chi connectivity index (χ4v) is 3.21. The number of rotatable bonds is 0. The highest BCUT2D eigenvalue weighted by molar-refractivity contribution is 9.31. The van der Waals surface area contributed by atoms with Crippen LogP contribution in [0.25, 0.3) is 0 Å². The van der Waals surface area contributed by atoms with Crippen LogP contribution in [0.3, 0.4) is 0 Å². The summed E-state index contributed by atoms with van der Waals surface area (Å²) in [5, 5.41) is 0. The van der Waals surface area contributed by atoms with Crippen LogP contribution in [-0.2, 0) is 0 Å². The Bertz CT molecular complexity index is 111. The van der Waals surface area contributed by atoms with Crippen LogP contribution >= 0.6 is 63.7 Å². The molecule has 9 heavy (non-hydrogen) atoms. The van der Waals surface area contributed by atoms with Crippen LogP contribution in [0.5, 0.6) is 0 Å². The quantitative estimate of drug-likeness (QED) is 0.552. The van der Waals surface area contributed by atoms with Gasteiger partial charge in [0.2, 0.25) is 0 Å². The van der Waals surface area contributed by atoms with Gasteiger partial charge >= 0.3 is 5.92 Å². The average molecular weight is 394 g/mol. The molecule has 0 bridgehead atoms. The normalized spacial score (nSPS) is 34.0. The molecule has 1 fully saturated rings. The third-order valence-corrected chi connectivity index (χ3v) is 7.62. The molecule has 0 aromatic rings. The second-order valence-corrected chi connectivity index (χ2v) is 8.61. The zero-order valence-electron chi connectivity index (χ0n) is 3.77. The van der Waals surface area contributed by atoms with Gasteiger partial charge in [-0.1, -0.05) is 63.7 Å². The zero-order chi connectivity index (χ0) is 7.50. The van der Waals surface area contributed by atoms with Crippen LogP contribution in [0.1, 0.15) is 0 Å². The summed E-state index contributed by atoms with van der Waals surface area (Å²) in [5.74, 6) is -2.79. The van der Waals surface area contributed by atoms with Gasteiger partial charge in [0.1, 0.15) is 0 Å². The first kappa shape index (κ1) is 8.87. The lowest BCUT2D eigenvalue weighted by atomic mass is 10.8. The van der Waals surface area contributed by atoms with Gasteiger partial charge in [-0.15, -0.1) is 0 Å². The molecule has 0 heterocycles. The Hall–Kier alpha value is 1.78. The van der Waals surface area contributed by atoms with Gasteiger partial charge in [-0.2, -0.15) is 0 Å². The van der Waals surface area contributed by atoms with Crippen LogP contribution in [0.4, 0.5) is 8.78 Å². The third kappa shape index (κ3) is 0.825. The molecule has 0 spiro atoms. The first-order chi connectivity index (χ1) is 3.75. The van der Waals surface area contributed by atoms with E-state index in [2.05, 4.69) is 63.7 Å². The van der Waals surface area contributed by atoms with Crippen molar-refractivity contribution in [1.82, 2.24) is 0 Å². The van der Waals surface area contributed by atoms with Crippen molar-refractivity contribution in [3.05, 3.63) is 0 Å². The van der Waals surface area contributed by atoms with Gasteiger partial charge in [0.25, 0.3) is 0 Å². The standard InChI is InChI=1S/C3Br4F2/c4-1(5)2(6,7)3(1,8)9. The second-order valence-electron chi connectivity index (χ2n) is 1.72. The smallest absolute Gasteiger partial charge is 0.201 e. The predicted molar refractivity (Wildman–Crippen MR) is 46.1 cm³/mol. The summed E-state index contributed by atoms with van der Waals surface area (Å²) in [5.41, 5.74) is 0. The SMILES string of the molecule is FC1(F)C(Br)(Br)C1(Br)Br. The number of hydrogen-bond acceptors (Lipinski definition) is 0. The molecule has 1 rings (SSSR count). The lowest BCUT2D eigenvalue weighted by molar-refractivity contribution is 0.120. The molecule has 0 N–H and O–H groups in total. The topological polar surface area (TPSA) is 0 Å². The highest BCUT2D eigenvalue weighted by Gasteiger charge is 2.89. The molecule has 0 aliphatic heterocycles. The summed E-state index contributed by atoms with van der Waals surface area (Å²) in [4.78, 5) is 0. The molecular formula is C3Br4F2. The molecule has 0 nitrogen and oxygen atoms in total. The largest absolute Gasteiger partial charge is 0.302 e. The molecule has 54 valence electrons. The van der Waals surface area contributed by atoms with Crippen molar-refractivity contribution in [3.63, 3.8) is 0 Å². The molecule has 0 atom stereocenters. The summed E-state index contributed by atoms with van der Waals surface area (Å²) in [7, 11) is 0. The van der Waals surface area contributed by atoms with E-state index in [-0.39, 0.29) is 0 Å². The molecule has 0 aromatic carbocycles. The minimum Gasteiger partial charge on any atom is -0.201 e. The van der Waals surface area contributed by atoms with E-state index in [0.717, 1.165) is 0 Å². The van der Waals surface area contributed by atoms with Gasteiger partial charge in [-0.05, 0) is 0 Å². The van der Waals surface area contributed by atoms with E-state index < -0.39 is 12.4 Å². The van der Waals surface area contributed by atoms with Gasteiger partial charge in [0.15, 0.2) is 6.47 Å². The number of halogens is 6. The molecule has 0 aromatic heterocycles. The highest BCUT2D eigenvalue weighted by Crippen LogP contribution is 2.78. The lowest BCUT2D eigenvalue weighted by Gasteiger charge is -1.91. The molecule has 0 saturated heterocycles. The third-order valence-electron chi connectivity index (χ3n) is 1.12. The van der Waals surface area contributed by atoms with E-state index in [1.807, 2.05) is 0 Å². The summed E-state index contributed by atoms with van der Waals surface area (Å²) < 4.78 is 22.3. The van der Waals surface area contributed by atoms with E-state index in [1.54, 1.807) is 0 Å². The van der Waals surface area contributed by atoms with Crippen LogP contribution in [0.15, 0.2) is 0 Å². The van der Waals surface area contributed by atoms with Gasteiger partial charge in [0.05, 0.1) is 0 Å². The van der Waals surface area contributed by atoms with E-state index >= 15 is 0 Å². The maximum Gasteiger partial charge on any atom is 0.302 e. The van der Waals surface area contributed by atoms with Crippen molar-refractivity contribution in [1.29, 1.82) is 0 Å². The first-order valence-corrected chi connectivity index (χ1v) is 5.06. The van der Waals surface area contributed by atoms with Crippen LogP contribution < -0.4 is 0 Å². The summed E-state index contributed by atoms with van der Waals surface area (Å²) in [6.07, 6.45) is 0.